The third-order valence-corrected chi connectivity index (χ3v) is 4.69. The van der Waals surface area contributed by atoms with Gasteiger partial charge in [0.25, 0.3) is 0 Å². The van der Waals surface area contributed by atoms with E-state index in [1.165, 1.54) is 37.9 Å². The highest BCUT2D eigenvalue weighted by atomic mass is 16.5. The molecule has 110 valence electrons. The Morgan fingerprint density at radius 2 is 1.75 bits per heavy atom. The fourth-order valence-corrected chi connectivity index (χ4v) is 3.17. The summed E-state index contributed by atoms with van der Waals surface area (Å²) < 4.78 is 6.08. The molecule has 2 aliphatic rings. The summed E-state index contributed by atoms with van der Waals surface area (Å²) in [4.78, 5) is 2.65. The molecule has 20 heavy (non-hydrogen) atoms. The first-order chi connectivity index (χ1) is 9.85. The Balaban J connectivity index is 1.46. The zero-order valence-corrected chi connectivity index (χ0v) is 12.1. The van der Waals surface area contributed by atoms with Gasteiger partial charge >= 0.3 is 0 Å². The lowest BCUT2D eigenvalue weighted by molar-refractivity contribution is 0.0493. The summed E-state index contributed by atoms with van der Waals surface area (Å²) in [6, 6.07) is 9.03. The molecular formula is C17H25NO2. The summed E-state index contributed by atoms with van der Waals surface area (Å²) in [6.07, 6.45) is 7.61. The van der Waals surface area contributed by atoms with Gasteiger partial charge in [-0.25, -0.2) is 0 Å². The molecule has 0 radical (unpaired) electrons. The van der Waals surface area contributed by atoms with Crippen molar-refractivity contribution >= 4 is 0 Å². The Labute approximate surface area is 121 Å². The van der Waals surface area contributed by atoms with Crippen LogP contribution in [-0.2, 0) is 6.42 Å². The van der Waals surface area contributed by atoms with Crippen LogP contribution in [0, 0.1) is 0 Å². The van der Waals surface area contributed by atoms with Gasteiger partial charge in [0.15, 0.2) is 0 Å². The maximum absolute atomic E-state index is 8.91. The van der Waals surface area contributed by atoms with Crippen LogP contribution in [0.5, 0.6) is 5.75 Å². The van der Waals surface area contributed by atoms with E-state index in [0.717, 1.165) is 31.1 Å². The number of ether oxygens (including phenoxy) is 1. The quantitative estimate of drug-likeness (QED) is 0.896. The van der Waals surface area contributed by atoms with Crippen LogP contribution in [0.15, 0.2) is 24.3 Å². The van der Waals surface area contributed by atoms with E-state index >= 15 is 0 Å². The number of benzene rings is 1. The molecule has 3 heteroatoms. The fraction of sp³-hybridized carbons (Fsp3) is 0.647. The molecule has 1 aliphatic carbocycles. The van der Waals surface area contributed by atoms with Crippen LogP contribution >= 0.6 is 0 Å². The van der Waals surface area contributed by atoms with E-state index in [2.05, 4.69) is 17.0 Å². The van der Waals surface area contributed by atoms with E-state index < -0.39 is 0 Å². The molecule has 1 aliphatic heterocycles. The Morgan fingerprint density at radius 3 is 2.30 bits per heavy atom. The molecule has 0 amide bonds. The van der Waals surface area contributed by atoms with Crippen LogP contribution in [0.4, 0.5) is 0 Å². The number of hydrogen-bond donors (Lipinski definition) is 1. The van der Waals surface area contributed by atoms with Gasteiger partial charge in [0.2, 0.25) is 0 Å². The van der Waals surface area contributed by atoms with Crippen LogP contribution in [0.1, 0.15) is 37.7 Å². The SMILES string of the molecule is OCCc1ccc(OC2CCN(C3CCC3)CC2)cc1. The molecule has 0 aromatic heterocycles. The second-order valence-corrected chi connectivity index (χ2v) is 6.06. The first-order valence-electron chi connectivity index (χ1n) is 7.95. The number of likely N-dealkylation sites (tertiary alicyclic amines) is 1. The first kappa shape index (κ1) is 13.9. The van der Waals surface area contributed by atoms with Crippen LogP contribution in [-0.4, -0.2) is 41.8 Å². The smallest absolute Gasteiger partial charge is 0.119 e. The predicted molar refractivity (Wildman–Crippen MR) is 80.1 cm³/mol. The molecule has 1 saturated carbocycles. The highest BCUT2D eigenvalue weighted by molar-refractivity contribution is 5.27. The highest BCUT2D eigenvalue weighted by Gasteiger charge is 2.29. The average molecular weight is 275 g/mol. The maximum Gasteiger partial charge on any atom is 0.119 e. The van der Waals surface area contributed by atoms with Gasteiger partial charge < -0.3 is 14.7 Å². The standard InChI is InChI=1S/C17H25NO2/c19-13-10-14-4-6-16(7-5-14)20-17-8-11-18(12-9-17)15-2-1-3-15/h4-7,15,17,19H,1-3,8-13H2. The largest absolute Gasteiger partial charge is 0.490 e. The predicted octanol–water partition coefficient (Wildman–Crippen LogP) is 2.62. The molecular weight excluding hydrogens is 250 g/mol. The van der Waals surface area contributed by atoms with E-state index in [4.69, 9.17) is 9.84 Å². The van der Waals surface area contributed by atoms with Crippen molar-refractivity contribution in [3.05, 3.63) is 29.8 Å². The number of aliphatic hydroxyl groups is 1. The molecule has 1 saturated heterocycles. The third kappa shape index (κ3) is 3.33. The molecule has 3 nitrogen and oxygen atoms in total. The molecule has 3 rings (SSSR count). The molecule has 2 fully saturated rings. The second kappa shape index (κ2) is 6.59. The minimum absolute atomic E-state index is 0.208. The molecule has 1 aromatic rings. The van der Waals surface area contributed by atoms with Crippen molar-refractivity contribution in [3.63, 3.8) is 0 Å². The van der Waals surface area contributed by atoms with Gasteiger partial charge in [-0.1, -0.05) is 18.6 Å². The van der Waals surface area contributed by atoms with Gasteiger partial charge in [-0.3, -0.25) is 0 Å². The lowest BCUT2D eigenvalue weighted by atomic mass is 9.90. The molecule has 0 atom stereocenters. The zero-order valence-electron chi connectivity index (χ0n) is 12.1. The summed E-state index contributed by atoms with van der Waals surface area (Å²) in [5.41, 5.74) is 1.17. The second-order valence-electron chi connectivity index (χ2n) is 6.06. The number of piperidine rings is 1. The summed E-state index contributed by atoms with van der Waals surface area (Å²) in [5, 5.41) is 8.91. The van der Waals surface area contributed by atoms with Crippen LogP contribution in [0.3, 0.4) is 0 Å². The minimum atomic E-state index is 0.208. The number of aliphatic hydroxyl groups excluding tert-OH is 1. The molecule has 0 spiro atoms. The lowest BCUT2D eigenvalue weighted by Crippen LogP contribution is -2.46. The van der Waals surface area contributed by atoms with Gasteiger partial charge in [0.05, 0.1) is 0 Å². The molecule has 0 unspecified atom stereocenters. The summed E-state index contributed by atoms with van der Waals surface area (Å²) >= 11 is 0. The van der Waals surface area contributed by atoms with Crippen LogP contribution < -0.4 is 4.74 Å². The Kier molecular flexibility index (Phi) is 4.58. The van der Waals surface area contributed by atoms with E-state index in [0.29, 0.717) is 6.10 Å². The first-order valence-corrected chi connectivity index (χ1v) is 7.95. The molecule has 1 aromatic carbocycles. The molecule has 1 heterocycles. The zero-order chi connectivity index (χ0) is 13.8. The van der Waals surface area contributed by atoms with Crippen molar-refractivity contribution in [3.8, 4) is 5.75 Å². The molecule has 1 N–H and O–H groups in total. The van der Waals surface area contributed by atoms with Gasteiger partial charge in [-0.15, -0.1) is 0 Å². The van der Waals surface area contributed by atoms with E-state index in [9.17, 15) is 0 Å². The van der Waals surface area contributed by atoms with Crippen molar-refractivity contribution in [2.45, 2.75) is 50.7 Å². The van der Waals surface area contributed by atoms with Crippen LogP contribution in [0.2, 0.25) is 0 Å². The van der Waals surface area contributed by atoms with E-state index in [1.807, 2.05) is 12.1 Å². The highest BCUT2D eigenvalue weighted by Crippen LogP contribution is 2.28. The van der Waals surface area contributed by atoms with Crippen molar-refractivity contribution in [1.29, 1.82) is 0 Å². The maximum atomic E-state index is 8.91. The van der Waals surface area contributed by atoms with Crippen LogP contribution in [0.25, 0.3) is 0 Å². The average Bonchev–Trinajstić information content (AvgIpc) is 2.42. The summed E-state index contributed by atoms with van der Waals surface area (Å²) in [7, 11) is 0. The number of nitrogens with zero attached hydrogens (tertiary/aromatic N) is 1. The Hall–Kier alpha value is -1.06. The number of rotatable bonds is 5. The van der Waals surface area contributed by atoms with Gasteiger partial charge in [0, 0.05) is 25.7 Å². The fourth-order valence-electron chi connectivity index (χ4n) is 3.17. The van der Waals surface area contributed by atoms with Gasteiger partial charge in [0.1, 0.15) is 11.9 Å². The van der Waals surface area contributed by atoms with Crippen molar-refractivity contribution < 1.29 is 9.84 Å². The molecule has 0 bridgehead atoms. The van der Waals surface area contributed by atoms with Crippen molar-refractivity contribution in [2.75, 3.05) is 19.7 Å². The van der Waals surface area contributed by atoms with E-state index in [1.54, 1.807) is 0 Å². The Morgan fingerprint density at radius 1 is 1.05 bits per heavy atom. The van der Waals surface area contributed by atoms with Gasteiger partial charge in [-0.05, 0) is 49.8 Å². The Bertz CT molecular complexity index is 406. The summed E-state index contributed by atoms with van der Waals surface area (Å²) in [6.45, 7) is 2.59. The summed E-state index contributed by atoms with van der Waals surface area (Å²) in [5.74, 6) is 0.966. The van der Waals surface area contributed by atoms with E-state index in [-0.39, 0.29) is 6.61 Å². The third-order valence-electron chi connectivity index (χ3n) is 4.69. The van der Waals surface area contributed by atoms with Crippen molar-refractivity contribution in [2.24, 2.45) is 0 Å². The monoisotopic (exact) mass is 275 g/mol. The lowest BCUT2D eigenvalue weighted by Gasteiger charge is -2.41. The number of hydrogen-bond acceptors (Lipinski definition) is 3. The topological polar surface area (TPSA) is 32.7 Å². The van der Waals surface area contributed by atoms with Gasteiger partial charge in [-0.2, -0.15) is 0 Å². The normalized spacial score (nSPS) is 21.6. The minimum Gasteiger partial charge on any atom is -0.490 e. The van der Waals surface area contributed by atoms with Crippen molar-refractivity contribution in [1.82, 2.24) is 4.90 Å².